The van der Waals surface area contributed by atoms with Crippen LogP contribution in [0.3, 0.4) is 0 Å². The van der Waals surface area contributed by atoms with Crippen LogP contribution in [0.4, 0.5) is 4.39 Å². The van der Waals surface area contributed by atoms with Crippen molar-refractivity contribution >= 4 is 10.9 Å². The number of hydrogen-bond donors (Lipinski definition) is 2. The molecule has 1 aliphatic heterocycles. The molecule has 1 saturated heterocycles. The molecule has 0 unspecified atom stereocenters. The summed E-state index contributed by atoms with van der Waals surface area (Å²) in [6, 6.07) is 4.99. The third-order valence-electron chi connectivity index (χ3n) is 4.34. The summed E-state index contributed by atoms with van der Waals surface area (Å²) in [6.45, 7) is 3.42. The molecule has 0 radical (unpaired) electrons. The van der Waals surface area contributed by atoms with E-state index in [-0.39, 0.29) is 12.4 Å². The van der Waals surface area contributed by atoms with E-state index in [9.17, 15) is 4.39 Å². The zero-order valence-corrected chi connectivity index (χ0v) is 11.6. The Hall–Kier alpha value is -1.39. The maximum Gasteiger partial charge on any atom is 0.125 e. The number of aromatic nitrogens is 1. The zero-order valence-electron chi connectivity index (χ0n) is 11.6. The molecule has 2 aromatic rings. The summed E-state index contributed by atoms with van der Waals surface area (Å²) in [7, 11) is 0. The van der Waals surface area contributed by atoms with E-state index in [2.05, 4.69) is 9.88 Å². The van der Waals surface area contributed by atoms with Crippen LogP contribution in [-0.2, 0) is 0 Å². The molecule has 0 atom stereocenters. The summed E-state index contributed by atoms with van der Waals surface area (Å²) in [5.41, 5.74) is 2.21. The monoisotopic (exact) mass is 276 g/mol. The Bertz CT molecular complexity index is 573. The van der Waals surface area contributed by atoms with Crippen LogP contribution in [0.5, 0.6) is 0 Å². The first-order valence-corrected chi connectivity index (χ1v) is 7.37. The van der Waals surface area contributed by atoms with Gasteiger partial charge in [-0.05, 0) is 62.0 Å². The van der Waals surface area contributed by atoms with E-state index in [0.29, 0.717) is 5.92 Å². The molecule has 108 valence electrons. The molecule has 2 heterocycles. The number of hydrogen-bond acceptors (Lipinski definition) is 2. The number of halogens is 1. The lowest BCUT2D eigenvalue weighted by Crippen LogP contribution is -2.33. The van der Waals surface area contributed by atoms with Gasteiger partial charge in [0.1, 0.15) is 5.82 Å². The molecule has 0 amide bonds. The molecule has 0 spiro atoms. The van der Waals surface area contributed by atoms with Crippen LogP contribution in [0.1, 0.15) is 30.7 Å². The third-order valence-corrected chi connectivity index (χ3v) is 4.34. The molecule has 1 aromatic carbocycles. The fourth-order valence-electron chi connectivity index (χ4n) is 3.22. The number of benzene rings is 1. The highest BCUT2D eigenvalue weighted by Gasteiger charge is 2.22. The zero-order chi connectivity index (χ0) is 13.9. The Labute approximate surface area is 118 Å². The van der Waals surface area contributed by atoms with Crippen molar-refractivity contribution in [2.24, 2.45) is 0 Å². The molecule has 20 heavy (non-hydrogen) atoms. The van der Waals surface area contributed by atoms with Crippen molar-refractivity contribution < 1.29 is 9.50 Å². The van der Waals surface area contributed by atoms with E-state index in [1.54, 1.807) is 6.07 Å². The van der Waals surface area contributed by atoms with Gasteiger partial charge in [0.25, 0.3) is 0 Å². The number of rotatable bonds is 4. The molecule has 1 aliphatic rings. The summed E-state index contributed by atoms with van der Waals surface area (Å²) < 4.78 is 13.2. The number of H-pyrrole nitrogens is 1. The Morgan fingerprint density at radius 1 is 1.30 bits per heavy atom. The van der Waals surface area contributed by atoms with Crippen molar-refractivity contribution in [1.82, 2.24) is 9.88 Å². The van der Waals surface area contributed by atoms with Gasteiger partial charge in [-0.15, -0.1) is 0 Å². The third kappa shape index (κ3) is 2.72. The van der Waals surface area contributed by atoms with Crippen LogP contribution in [0, 0.1) is 5.82 Å². The summed E-state index contributed by atoms with van der Waals surface area (Å²) >= 11 is 0. The van der Waals surface area contributed by atoms with Crippen LogP contribution in [-0.4, -0.2) is 41.2 Å². The van der Waals surface area contributed by atoms with E-state index in [0.717, 1.165) is 49.8 Å². The van der Waals surface area contributed by atoms with Crippen molar-refractivity contribution in [3.8, 4) is 0 Å². The second-order valence-corrected chi connectivity index (χ2v) is 5.63. The second-order valence-electron chi connectivity index (χ2n) is 5.63. The molecule has 0 bridgehead atoms. The number of aliphatic hydroxyl groups excluding tert-OH is 1. The van der Waals surface area contributed by atoms with Crippen LogP contribution < -0.4 is 0 Å². The maximum absolute atomic E-state index is 13.2. The normalized spacial score (nSPS) is 17.9. The predicted molar refractivity (Wildman–Crippen MR) is 78.4 cm³/mol. The molecule has 1 aromatic heterocycles. The fourth-order valence-corrected chi connectivity index (χ4v) is 3.22. The van der Waals surface area contributed by atoms with Crippen LogP contribution in [0.15, 0.2) is 24.4 Å². The van der Waals surface area contributed by atoms with E-state index in [1.165, 1.54) is 11.6 Å². The minimum atomic E-state index is -0.190. The molecule has 3 nitrogen and oxygen atoms in total. The van der Waals surface area contributed by atoms with Crippen molar-refractivity contribution in [2.45, 2.75) is 25.2 Å². The van der Waals surface area contributed by atoms with Gasteiger partial charge >= 0.3 is 0 Å². The lowest BCUT2D eigenvalue weighted by molar-refractivity contribution is 0.188. The Kier molecular flexibility index (Phi) is 4.03. The summed E-state index contributed by atoms with van der Waals surface area (Å²) in [5.74, 6) is 0.365. The maximum atomic E-state index is 13.2. The standard InChI is InChI=1S/C16H21FN2O/c17-13-2-3-14-15(11-18-16(14)10-13)12-4-7-19(8-5-12)6-1-9-20/h2-3,10-12,18,20H,1,4-9H2. The number of aromatic amines is 1. The van der Waals surface area contributed by atoms with Crippen molar-refractivity contribution in [2.75, 3.05) is 26.2 Å². The van der Waals surface area contributed by atoms with Gasteiger partial charge in [-0.2, -0.15) is 0 Å². The Balaban J connectivity index is 1.70. The van der Waals surface area contributed by atoms with Gasteiger partial charge in [-0.3, -0.25) is 0 Å². The van der Waals surface area contributed by atoms with Gasteiger partial charge < -0.3 is 15.0 Å². The number of aliphatic hydroxyl groups is 1. The summed E-state index contributed by atoms with van der Waals surface area (Å²) in [4.78, 5) is 5.60. The highest BCUT2D eigenvalue weighted by Crippen LogP contribution is 2.33. The highest BCUT2D eigenvalue weighted by atomic mass is 19.1. The molecule has 0 aliphatic carbocycles. The minimum Gasteiger partial charge on any atom is -0.396 e. The first-order valence-electron chi connectivity index (χ1n) is 7.37. The van der Waals surface area contributed by atoms with E-state index in [1.807, 2.05) is 12.3 Å². The Morgan fingerprint density at radius 3 is 2.85 bits per heavy atom. The first kappa shape index (κ1) is 13.6. The van der Waals surface area contributed by atoms with Gasteiger partial charge in [-0.1, -0.05) is 0 Å². The minimum absolute atomic E-state index is 0.190. The van der Waals surface area contributed by atoms with Gasteiger partial charge in [0, 0.05) is 30.3 Å². The van der Waals surface area contributed by atoms with E-state index < -0.39 is 0 Å². The highest BCUT2D eigenvalue weighted by molar-refractivity contribution is 5.83. The van der Waals surface area contributed by atoms with E-state index >= 15 is 0 Å². The molecule has 2 N–H and O–H groups in total. The molecular formula is C16H21FN2O. The fraction of sp³-hybridized carbons (Fsp3) is 0.500. The Morgan fingerprint density at radius 2 is 2.10 bits per heavy atom. The lowest BCUT2D eigenvalue weighted by Gasteiger charge is -2.31. The molecule has 4 heteroatoms. The topological polar surface area (TPSA) is 39.3 Å². The lowest BCUT2D eigenvalue weighted by atomic mass is 9.89. The van der Waals surface area contributed by atoms with Gasteiger partial charge in [0.2, 0.25) is 0 Å². The van der Waals surface area contributed by atoms with Crippen molar-refractivity contribution in [3.05, 3.63) is 35.8 Å². The smallest absolute Gasteiger partial charge is 0.125 e. The van der Waals surface area contributed by atoms with Gasteiger partial charge in [-0.25, -0.2) is 4.39 Å². The average molecular weight is 276 g/mol. The molecule has 3 rings (SSSR count). The number of nitrogens with zero attached hydrogens (tertiary/aromatic N) is 1. The SMILES string of the molecule is OCCCN1CCC(c2c[nH]c3cc(F)ccc23)CC1. The number of likely N-dealkylation sites (tertiary alicyclic amines) is 1. The first-order chi connectivity index (χ1) is 9.78. The van der Waals surface area contributed by atoms with Gasteiger partial charge in [0.05, 0.1) is 0 Å². The number of fused-ring (bicyclic) bond motifs is 1. The number of nitrogens with one attached hydrogen (secondary N) is 1. The van der Waals surface area contributed by atoms with Crippen molar-refractivity contribution in [3.63, 3.8) is 0 Å². The van der Waals surface area contributed by atoms with Crippen LogP contribution in [0.2, 0.25) is 0 Å². The summed E-state index contributed by atoms with van der Waals surface area (Å²) in [5, 5.41) is 10.0. The number of piperidine rings is 1. The second kappa shape index (κ2) is 5.94. The molecule has 1 fully saturated rings. The van der Waals surface area contributed by atoms with Crippen LogP contribution in [0.25, 0.3) is 10.9 Å². The average Bonchev–Trinajstić information content (AvgIpc) is 2.88. The largest absolute Gasteiger partial charge is 0.396 e. The van der Waals surface area contributed by atoms with E-state index in [4.69, 9.17) is 5.11 Å². The molecular weight excluding hydrogens is 255 g/mol. The van der Waals surface area contributed by atoms with Crippen molar-refractivity contribution in [1.29, 1.82) is 0 Å². The quantitative estimate of drug-likeness (QED) is 0.901. The van der Waals surface area contributed by atoms with Crippen LogP contribution >= 0.6 is 0 Å². The van der Waals surface area contributed by atoms with Gasteiger partial charge in [0.15, 0.2) is 0 Å². The molecule has 0 saturated carbocycles. The summed E-state index contributed by atoms with van der Waals surface area (Å²) in [6.07, 6.45) is 5.17. The predicted octanol–water partition coefficient (Wildman–Crippen LogP) is 2.87.